The van der Waals surface area contributed by atoms with E-state index in [9.17, 15) is 4.79 Å². The monoisotopic (exact) mass is 329 g/mol. The zero-order valence-electron chi connectivity index (χ0n) is 14.1. The van der Waals surface area contributed by atoms with Gasteiger partial charge in [-0.1, -0.05) is 19.4 Å². The lowest BCUT2D eigenvalue weighted by Gasteiger charge is -2.25. The minimum atomic E-state index is -0.144. The normalized spacial score (nSPS) is 16.2. The van der Waals surface area contributed by atoms with Crippen LogP contribution in [0.2, 0.25) is 0 Å². The summed E-state index contributed by atoms with van der Waals surface area (Å²) in [7, 11) is 1.64. The van der Waals surface area contributed by atoms with E-state index in [0.717, 1.165) is 42.0 Å². The van der Waals surface area contributed by atoms with Crippen LogP contribution in [0.15, 0.2) is 24.3 Å². The van der Waals surface area contributed by atoms with E-state index in [1.165, 1.54) is 0 Å². The summed E-state index contributed by atoms with van der Waals surface area (Å²) >= 11 is 0. The Morgan fingerprint density at radius 1 is 1.46 bits per heavy atom. The van der Waals surface area contributed by atoms with Gasteiger partial charge in [-0.2, -0.15) is 5.10 Å². The Labute approximate surface area is 141 Å². The number of H-pyrrole nitrogens is 1. The largest absolute Gasteiger partial charge is 0.497 e. The molecule has 0 bridgehead atoms. The van der Waals surface area contributed by atoms with Crippen LogP contribution in [0.1, 0.15) is 35.1 Å². The van der Waals surface area contributed by atoms with Crippen molar-refractivity contribution in [1.29, 1.82) is 0 Å². The van der Waals surface area contributed by atoms with Gasteiger partial charge in [0.05, 0.1) is 13.7 Å². The number of aromatic amines is 1. The fourth-order valence-corrected chi connectivity index (χ4v) is 2.88. The molecule has 1 aliphatic heterocycles. The summed E-state index contributed by atoms with van der Waals surface area (Å²) in [6.07, 6.45) is 2.80. The molecule has 1 atom stereocenters. The Morgan fingerprint density at radius 2 is 2.33 bits per heavy atom. The van der Waals surface area contributed by atoms with Crippen molar-refractivity contribution in [2.24, 2.45) is 5.92 Å². The minimum absolute atomic E-state index is 0.144. The standard InChI is InChI=1S/C18H23N3O3/c1-3-4-14-8-16(21-20-14)18(22)19-10-12-7-13-5-6-15(23-2)9-17(13)24-11-12/h5-6,8-9,12H,3-4,7,10-11H2,1-2H3,(H,19,22)(H,20,21)/t12-/m0/s1. The summed E-state index contributed by atoms with van der Waals surface area (Å²) in [5.41, 5.74) is 2.58. The molecule has 1 aliphatic rings. The molecule has 2 aromatic rings. The van der Waals surface area contributed by atoms with E-state index in [2.05, 4.69) is 22.4 Å². The maximum absolute atomic E-state index is 12.2. The Kier molecular flexibility index (Phi) is 5.03. The second-order valence-corrected chi connectivity index (χ2v) is 6.09. The smallest absolute Gasteiger partial charge is 0.271 e. The first-order valence-corrected chi connectivity index (χ1v) is 8.31. The number of aromatic nitrogens is 2. The van der Waals surface area contributed by atoms with Crippen LogP contribution < -0.4 is 14.8 Å². The highest BCUT2D eigenvalue weighted by atomic mass is 16.5. The Bertz CT molecular complexity index is 711. The number of aryl methyl sites for hydroxylation is 1. The zero-order chi connectivity index (χ0) is 16.9. The molecule has 0 aliphatic carbocycles. The van der Waals surface area contributed by atoms with E-state index >= 15 is 0 Å². The van der Waals surface area contributed by atoms with Crippen LogP contribution in [0.5, 0.6) is 11.5 Å². The molecule has 2 N–H and O–H groups in total. The van der Waals surface area contributed by atoms with Crippen molar-refractivity contribution >= 4 is 5.91 Å². The van der Waals surface area contributed by atoms with Crippen LogP contribution in [0.4, 0.5) is 0 Å². The number of hydrogen-bond acceptors (Lipinski definition) is 4. The number of rotatable bonds is 6. The molecule has 0 saturated carbocycles. The van der Waals surface area contributed by atoms with Gasteiger partial charge in [-0.05, 0) is 30.5 Å². The van der Waals surface area contributed by atoms with E-state index in [-0.39, 0.29) is 11.8 Å². The first-order valence-electron chi connectivity index (χ1n) is 8.31. The molecular formula is C18H23N3O3. The summed E-state index contributed by atoms with van der Waals surface area (Å²) < 4.78 is 11.0. The fraction of sp³-hybridized carbons (Fsp3) is 0.444. The molecule has 0 fully saturated rings. The predicted octanol–water partition coefficient (Wildman–Crippen LogP) is 2.35. The highest BCUT2D eigenvalue weighted by Crippen LogP contribution is 2.30. The maximum Gasteiger partial charge on any atom is 0.271 e. The summed E-state index contributed by atoms with van der Waals surface area (Å²) in [5.74, 6) is 1.77. The van der Waals surface area contributed by atoms with E-state index in [4.69, 9.17) is 9.47 Å². The van der Waals surface area contributed by atoms with Crippen molar-refractivity contribution in [3.8, 4) is 11.5 Å². The van der Waals surface area contributed by atoms with Crippen molar-refractivity contribution in [2.45, 2.75) is 26.2 Å². The number of ether oxygens (including phenoxy) is 2. The van der Waals surface area contributed by atoms with Crippen LogP contribution >= 0.6 is 0 Å². The Balaban J connectivity index is 1.54. The fourth-order valence-electron chi connectivity index (χ4n) is 2.88. The lowest BCUT2D eigenvalue weighted by molar-refractivity contribution is 0.0934. The maximum atomic E-state index is 12.2. The van der Waals surface area contributed by atoms with Gasteiger partial charge in [0.25, 0.3) is 5.91 Å². The molecule has 2 heterocycles. The molecule has 128 valence electrons. The van der Waals surface area contributed by atoms with Crippen molar-refractivity contribution in [1.82, 2.24) is 15.5 Å². The van der Waals surface area contributed by atoms with Crippen LogP contribution in [0, 0.1) is 5.92 Å². The summed E-state index contributed by atoms with van der Waals surface area (Å²) in [6, 6.07) is 7.68. The summed E-state index contributed by atoms with van der Waals surface area (Å²) in [5, 5.41) is 9.92. The number of amides is 1. The highest BCUT2D eigenvalue weighted by Gasteiger charge is 2.21. The van der Waals surface area contributed by atoms with Gasteiger partial charge in [0.2, 0.25) is 0 Å². The first-order chi connectivity index (χ1) is 11.7. The van der Waals surface area contributed by atoms with Crippen molar-refractivity contribution in [3.05, 3.63) is 41.2 Å². The van der Waals surface area contributed by atoms with Gasteiger partial charge >= 0.3 is 0 Å². The van der Waals surface area contributed by atoms with Crippen molar-refractivity contribution in [2.75, 3.05) is 20.3 Å². The van der Waals surface area contributed by atoms with E-state index in [1.807, 2.05) is 24.3 Å². The van der Waals surface area contributed by atoms with Crippen LogP contribution in [-0.2, 0) is 12.8 Å². The third kappa shape index (κ3) is 3.69. The average molecular weight is 329 g/mol. The lowest BCUT2D eigenvalue weighted by atomic mass is 9.96. The number of nitrogens with one attached hydrogen (secondary N) is 2. The SMILES string of the molecule is CCCc1cc(C(=O)NC[C@H]2COc3cc(OC)ccc3C2)n[nH]1. The average Bonchev–Trinajstić information content (AvgIpc) is 3.08. The molecule has 1 aromatic carbocycles. The van der Waals surface area contributed by atoms with Crippen LogP contribution in [-0.4, -0.2) is 36.4 Å². The molecule has 1 amide bonds. The molecular weight excluding hydrogens is 306 g/mol. The van der Waals surface area contributed by atoms with Crippen molar-refractivity contribution in [3.63, 3.8) is 0 Å². The van der Waals surface area contributed by atoms with Gasteiger partial charge in [-0.3, -0.25) is 9.89 Å². The van der Waals surface area contributed by atoms with Gasteiger partial charge in [0.1, 0.15) is 17.2 Å². The number of carbonyl (C=O) groups is 1. The van der Waals surface area contributed by atoms with Gasteiger partial charge in [0.15, 0.2) is 0 Å². The van der Waals surface area contributed by atoms with Crippen LogP contribution in [0.25, 0.3) is 0 Å². The predicted molar refractivity (Wildman–Crippen MR) is 90.6 cm³/mol. The Hall–Kier alpha value is -2.50. The van der Waals surface area contributed by atoms with E-state index < -0.39 is 0 Å². The number of carbonyl (C=O) groups excluding carboxylic acids is 1. The minimum Gasteiger partial charge on any atom is -0.497 e. The molecule has 6 heteroatoms. The Morgan fingerprint density at radius 3 is 3.12 bits per heavy atom. The summed E-state index contributed by atoms with van der Waals surface area (Å²) in [6.45, 7) is 3.25. The lowest BCUT2D eigenvalue weighted by Crippen LogP contribution is -2.35. The molecule has 0 spiro atoms. The van der Waals surface area contributed by atoms with Crippen LogP contribution in [0.3, 0.4) is 0 Å². The van der Waals surface area contributed by atoms with Crippen molar-refractivity contribution < 1.29 is 14.3 Å². The van der Waals surface area contributed by atoms with Gasteiger partial charge in [0, 0.05) is 24.2 Å². The molecule has 24 heavy (non-hydrogen) atoms. The molecule has 0 radical (unpaired) electrons. The summed E-state index contributed by atoms with van der Waals surface area (Å²) in [4.78, 5) is 12.2. The number of benzene rings is 1. The molecule has 6 nitrogen and oxygen atoms in total. The molecule has 3 rings (SSSR count). The quantitative estimate of drug-likeness (QED) is 0.853. The second-order valence-electron chi connectivity index (χ2n) is 6.09. The van der Waals surface area contributed by atoms with E-state index in [0.29, 0.717) is 18.8 Å². The van der Waals surface area contributed by atoms with E-state index in [1.54, 1.807) is 7.11 Å². The molecule has 0 saturated heterocycles. The second kappa shape index (κ2) is 7.38. The third-order valence-electron chi connectivity index (χ3n) is 4.19. The first kappa shape index (κ1) is 16.4. The van der Waals surface area contributed by atoms with Gasteiger partial charge in [-0.15, -0.1) is 0 Å². The third-order valence-corrected chi connectivity index (χ3v) is 4.19. The zero-order valence-corrected chi connectivity index (χ0v) is 14.1. The van der Waals surface area contributed by atoms with Gasteiger partial charge < -0.3 is 14.8 Å². The molecule has 0 unspecified atom stereocenters. The molecule has 1 aromatic heterocycles. The number of nitrogens with zero attached hydrogens (tertiary/aromatic N) is 1. The highest BCUT2D eigenvalue weighted by molar-refractivity contribution is 5.92. The number of methoxy groups -OCH3 is 1. The number of hydrogen-bond donors (Lipinski definition) is 2. The number of fused-ring (bicyclic) bond motifs is 1. The van der Waals surface area contributed by atoms with Gasteiger partial charge in [-0.25, -0.2) is 0 Å². The topological polar surface area (TPSA) is 76.2 Å².